The van der Waals surface area contributed by atoms with Crippen molar-refractivity contribution in [2.24, 2.45) is 0 Å². The number of likely N-dealkylation sites (N-methyl/N-ethyl adjacent to an activating group) is 1. The van der Waals surface area contributed by atoms with Gasteiger partial charge in [0.1, 0.15) is 12.6 Å². The number of alkyl carbamates (subject to hydrolysis) is 1. The summed E-state index contributed by atoms with van der Waals surface area (Å²) in [6.45, 7) is 5.58. The first-order chi connectivity index (χ1) is 15.6. The Kier molecular flexibility index (Phi) is 7.41. The van der Waals surface area contributed by atoms with E-state index in [1.165, 1.54) is 11.9 Å². The zero-order valence-corrected chi connectivity index (χ0v) is 19.6. The summed E-state index contributed by atoms with van der Waals surface area (Å²) in [4.78, 5) is 37.5. The number of ether oxygens (including phenoxy) is 1. The number of carboxylic acids is 1. The van der Waals surface area contributed by atoms with E-state index in [0.29, 0.717) is 12.8 Å². The van der Waals surface area contributed by atoms with Gasteiger partial charge in [-0.2, -0.15) is 0 Å². The molecule has 7 heteroatoms. The molecule has 1 aliphatic rings. The van der Waals surface area contributed by atoms with Gasteiger partial charge in [0.15, 0.2) is 0 Å². The third-order valence-corrected chi connectivity index (χ3v) is 6.28. The van der Waals surface area contributed by atoms with Crippen LogP contribution in [0.15, 0.2) is 48.5 Å². The summed E-state index contributed by atoms with van der Waals surface area (Å²) in [6, 6.07) is 15.4. The molecular formula is C26H32N2O5. The number of carbonyl (C=O) groups excluding carboxylic acids is 2. The predicted octanol–water partition coefficient (Wildman–Crippen LogP) is 4.41. The summed E-state index contributed by atoms with van der Waals surface area (Å²) < 4.78 is 5.59. The van der Waals surface area contributed by atoms with Crippen LogP contribution in [0.25, 0.3) is 11.1 Å². The zero-order valence-electron chi connectivity index (χ0n) is 19.6. The molecule has 3 rings (SSSR count). The molecule has 0 bridgehead atoms. The number of nitrogens with zero attached hydrogens (tertiary/aromatic N) is 1. The van der Waals surface area contributed by atoms with E-state index in [-0.39, 0.29) is 24.9 Å². The molecule has 2 amide bonds. The number of carboxylic acid groups (broad SMARTS) is 1. The van der Waals surface area contributed by atoms with Crippen LogP contribution < -0.4 is 5.32 Å². The SMILES string of the molecule is CCC(C(=O)O)N(C)C(=O)CCC(C)(C)NC(=O)OCC1c2ccccc2-c2ccccc21. The average Bonchev–Trinajstić information content (AvgIpc) is 3.10. The highest BCUT2D eigenvalue weighted by Gasteiger charge is 2.31. The van der Waals surface area contributed by atoms with Gasteiger partial charge in [-0.15, -0.1) is 0 Å². The van der Waals surface area contributed by atoms with Gasteiger partial charge < -0.3 is 20.1 Å². The Morgan fingerprint density at radius 1 is 1.06 bits per heavy atom. The van der Waals surface area contributed by atoms with Crippen molar-refractivity contribution < 1.29 is 24.2 Å². The molecular weight excluding hydrogens is 420 g/mol. The molecule has 0 aliphatic heterocycles. The van der Waals surface area contributed by atoms with Crippen LogP contribution in [0.3, 0.4) is 0 Å². The number of carbonyl (C=O) groups is 3. The molecule has 0 fully saturated rings. The summed E-state index contributed by atoms with van der Waals surface area (Å²) in [5, 5.41) is 12.1. The fourth-order valence-corrected chi connectivity index (χ4v) is 4.36. The van der Waals surface area contributed by atoms with E-state index in [1.54, 1.807) is 6.92 Å². The molecule has 2 N–H and O–H groups in total. The first-order valence-electron chi connectivity index (χ1n) is 11.3. The largest absolute Gasteiger partial charge is 0.480 e. The Morgan fingerprint density at radius 2 is 1.61 bits per heavy atom. The maximum absolute atomic E-state index is 12.6. The lowest BCUT2D eigenvalue weighted by atomic mass is 9.97. The highest BCUT2D eigenvalue weighted by atomic mass is 16.5. The minimum atomic E-state index is -1.02. The van der Waals surface area contributed by atoms with E-state index >= 15 is 0 Å². The molecule has 1 atom stereocenters. The normalized spacial score (nSPS) is 13.6. The number of fused-ring (bicyclic) bond motifs is 3. The van der Waals surface area contributed by atoms with Crippen LogP contribution in [0.1, 0.15) is 57.1 Å². The first kappa shape index (κ1) is 24.3. The second-order valence-electron chi connectivity index (χ2n) is 9.10. The standard InChI is InChI=1S/C26H32N2O5/c1-5-22(24(30)31)28(4)23(29)14-15-26(2,3)27-25(32)33-16-21-19-12-8-6-10-17(19)18-11-7-9-13-20(18)21/h6-13,21-22H,5,14-16H2,1-4H3,(H,27,32)(H,30,31). The van der Waals surface area contributed by atoms with Crippen molar-refractivity contribution in [3.8, 4) is 11.1 Å². The summed E-state index contributed by atoms with van der Waals surface area (Å²) >= 11 is 0. The Bertz CT molecular complexity index is 987. The van der Waals surface area contributed by atoms with Crippen molar-refractivity contribution >= 4 is 18.0 Å². The average molecular weight is 453 g/mol. The second kappa shape index (κ2) is 10.1. The molecule has 0 aromatic heterocycles. The third-order valence-electron chi connectivity index (χ3n) is 6.28. The number of benzene rings is 2. The molecule has 0 heterocycles. The number of amides is 2. The highest BCUT2D eigenvalue weighted by Crippen LogP contribution is 2.44. The maximum atomic E-state index is 12.6. The summed E-state index contributed by atoms with van der Waals surface area (Å²) in [5.74, 6) is -1.32. The fourth-order valence-electron chi connectivity index (χ4n) is 4.36. The summed E-state index contributed by atoms with van der Waals surface area (Å²) in [7, 11) is 1.50. The molecule has 1 aliphatic carbocycles. The molecule has 2 aromatic carbocycles. The molecule has 0 saturated carbocycles. The van der Waals surface area contributed by atoms with E-state index in [2.05, 4.69) is 29.6 Å². The number of hydrogen-bond acceptors (Lipinski definition) is 4. The van der Waals surface area contributed by atoms with E-state index in [0.717, 1.165) is 22.3 Å². The van der Waals surface area contributed by atoms with Crippen molar-refractivity contribution in [3.63, 3.8) is 0 Å². The molecule has 0 radical (unpaired) electrons. The smallest absolute Gasteiger partial charge is 0.407 e. The van der Waals surface area contributed by atoms with E-state index in [4.69, 9.17) is 4.74 Å². The van der Waals surface area contributed by atoms with Crippen molar-refractivity contribution in [2.75, 3.05) is 13.7 Å². The van der Waals surface area contributed by atoms with Gasteiger partial charge in [0.05, 0.1) is 0 Å². The monoisotopic (exact) mass is 452 g/mol. The Labute approximate surface area is 194 Å². The van der Waals surface area contributed by atoms with Gasteiger partial charge in [-0.05, 0) is 48.9 Å². The molecule has 7 nitrogen and oxygen atoms in total. The van der Waals surface area contributed by atoms with Gasteiger partial charge in [0.2, 0.25) is 5.91 Å². The van der Waals surface area contributed by atoms with Crippen LogP contribution in [0.2, 0.25) is 0 Å². The summed E-state index contributed by atoms with van der Waals surface area (Å²) in [6.07, 6.45) is 0.270. The third kappa shape index (κ3) is 5.53. The zero-order chi connectivity index (χ0) is 24.2. The van der Waals surface area contributed by atoms with Gasteiger partial charge in [0, 0.05) is 24.9 Å². The molecule has 0 saturated heterocycles. The molecule has 33 heavy (non-hydrogen) atoms. The molecule has 1 unspecified atom stereocenters. The van der Waals surface area contributed by atoms with Crippen molar-refractivity contribution in [2.45, 2.75) is 57.5 Å². The van der Waals surface area contributed by atoms with E-state index < -0.39 is 23.6 Å². The Morgan fingerprint density at radius 3 is 2.12 bits per heavy atom. The number of aliphatic carboxylic acids is 1. The maximum Gasteiger partial charge on any atom is 0.407 e. The van der Waals surface area contributed by atoms with E-state index in [9.17, 15) is 19.5 Å². The lowest BCUT2D eigenvalue weighted by Crippen LogP contribution is -2.46. The summed E-state index contributed by atoms with van der Waals surface area (Å²) in [5.41, 5.74) is 3.92. The Balaban J connectivity index is 1.55. The topological polar surface area (TPSA) is 95.9 Å². The highest BCUT2D eigenvalue weighted by molar-refractivity contribution is 5.83. The number of hydrogen-bond donors (Lipinski definition) is 2. The van der Waals surface area contributed by atoms with Crippen LogP contribution in [0.4, 0.5) is 4.79 Å². The molecule has 2 aromatic rings. The van der Waals surface area contributed by atoms with Crippen LogP contribution in [0, 0.1) is 0 Å². The molecule has 0 spiro atoms. The van der Waals surface area contributed by atoms with Crippen LogP contribution in [0.5, 0.6) is 0 Å². The lowest BCUT2D eigenvalue weighted by molar-refractivity contribution is -0.149. The van der Waals surface area contributed by atoms with Crippen LogP contribution in [-0.4, -0.2) is 53.2 Å². The first-order valence-corrected chi connectivity index (χ1v) is 11.3. The predicted molar refractivity (Wildman–Crippen MR) is 126 cm³/mol. The lowest BCUT2D eigenvalue weighted by Gasteiger charge is -2.28. The van der Waals surface area contributed by atoms with E-state index in [1.807, 2.05) is 38.1 Å². The van der Waals surface area contributed by atoms with Gasteiger partial charge in [0.25, 0.3) is 0 Å². The van der Waals surface area contributed by atoms with Crippen molar-refractivity contribution in [3.05, 3.63) is 59.7 Å². The van der Waals surface area contributed by atoms with Gasteiger partial charge in [-0.3, -0.25) is 4.79 Å². The minimum Gasteiger partial charge on any atom is -0.480 e. The van der Waals surface area contributed by atoms with Crippen molar-refractivity contribution in [1.29, 1.82) is 0 Å². The van der Waals surface area contributed by atoms with Gasteiger partial charge in [-0.25, -0.2) is 9.59 Å². The van der Waals surface area contributed by atoms with Crippen LogP contribution >= 0.6 is 0 Å². The number of rotatable bonds is 9. The Hall–Kier alpha value is -3.35. The quantitative estimate of drug-likeness (QED) is 0.588. The fraction of sp³-hybridized carbons (Fsp3) is 0.423. The number of nitrogens with one attached hydrogen (secondary N) is 1. The van der Waals surface area contributed by atoms with Gasteiger partial charge in [-0.1, -0.05) is 55.5 Å². The second-order valence-corrected chi connectivity index (χ2v) is 9.10. The minimum absolute atomic E-state index is 0.0246. The molecule has 176 valence electrons. The van der Waals surface area contributed by atoms with Gasteiger partial charge >= 0.3 is 12.1 Å². The van der Waals surface area contributed by atoms with Crippen molar-refractivity contribution in [1.82, 2.24) is 10.2 Å². The van der Waals surface area contributed by atoms with Crippen LogP contribution in [-0.2, 0) is 14.3 Å².